The number of rotatable bonds is 13. The topological polar surface area (TPSA) is 76.2 Å². The normalized spacial score (nSPS) is 12.6. The summed E-state index contributed by atoms with van der Waals surface area (Å²) in [6.45, 7) is 26.5. The van der Waals surface area contributed by atoms with Crippen molar-refractivity contribution in [1.82, 2.24) is 9.97 Å². The van der Waals surface area contributed by atoms with Crippen LogP contribution in [0.2, 0.25) is 0 Å². The minimum Gasteiger partial charge on any atom is -0.512 e. The average molecular weight is 852 g/mol. The van der Waals surface area contributed by atoms with E-state index in [2.05, 4.69) is 68.7 Å². The first-order valence-electron chi connectivity index (χ1n) is 15.9. The van der Waals surface area contributed by atoms with Crippen molar-refractivity contribution >= 4 is 53.4 Å². The predicted octanol–water partition coefficient (Wildman–Crippen LogP) is 12.0. The van der Waals surface area contributed by atoms with Crippen molar-refractivity contribution in [3.8, 4) is 11.3 Å². The third-order valence-corrected chi connectivity index (χ3v) is 9.92. The molecule has 2 aromatic heterocycles. The summed E-state index contributed by atoms with van der Waals surface area (Å²) in [5.41, 5.74) is 3.62. The Bertz CT molecular complexity index is 1600. The molecule has 2 heterocycles. The second kappa shape index (κ2) is 18.8. The van der Waals surface area contributed by atoms with Crippen LogP contribution in [0.25, 0.3) is 34.5 Å². The van der Waals surface area contributed by atoms with Crippen molar-refractivity contribution in [3.63, 3.8) is 0 Å². The third-order valence-electron chi connectivity index (χ3n) is 8.99. The van der Waals surface area contributed by atoms with E-state index in [1.165, 1.54) is 18.0 Å². The minimum absolute atomic E-state index is 0. The maximum atomic E-state index is 12.2. The monoisotopic (exact) mass is 852 g/mol. The fourth-order valence-corrected chi connectivity index (χ4v) is 5.66. The summed E-state index contributed by atoms with van der Waals surface area (Å²) in [4.78, 5) is 22.2. The number of nitrogens with zero attached hydrogens (tertiary/aromatic N) is 2. The molecule has 0 fully saturated rings. The molecule has 8 heteroatoms. The summed E-state index contributed by atoms with van der Waals surface area (Å²) in [5.74, 6) is 0.965. The molecule has 5 nitrogen and oxygen atoms in total. The zero-order valence-corrected chi connectivity index (χ0v) is 33.5. The summed E-state index contributed by atoms with van der Waals surface area (Å²) < 4.78 is 5.96. The number of allylic oxidation sites excluding steroid dienone is 4. The van der Waals surface area contributed by atoms with Crippen LogP contribution in [-0.2, 0) is 30.3 Å². The van der Waals surface area contributed by atoms with Crippen molar-refractivity contribution in [1.29, 1.82) is 0 Å². The molecule has 1 aromatic carbocycles. The predicted molar refractivity (Wildman–Crippen MR) is 201 cm³/mol. The van der Waals surface area contributed by atoms with E-state index < -0.39 is 0 Å². The largest absolute Gasteiger partial charge is 0.512 e. The van der Waals surface area contributed by atoms with E-state index in [4.69, 9.17) is 4.42 Å². The van der Waals surface area contributed by atoms with Crippen LogP contribution in [0, 0.1) is 16.9 Å². The number of hydrogen-bond donors (Lipinski definition) is 2. The van der Waals surface area contributed by atoms with Crippen molar-refractivity contribution in [2.75, 3.05) is 0 Å². The number of thiol groups is 1. The summed E-state index contributed by atoms with van der Waals surface area (Å²) in [6, 6.07) is 7.53. The number of furan rings is 1. The van der Waals surface area contributed by atoms with Gasteiger partial charge in [0.05, 0.1) is 0 Å². The van der Waals surface area contributed by atoms with Gasteiger partial charge in [-0.2, -0.15) is 24.4 Å². The Kier molecular flexibility index (Phi) is 16.9. The standard InChI is InChI=1S/C24H23N2OS2.C15H28O2.Ir/c1-6-17-19(10-8-9-13-28)27-23-21(17)22(25-15-26-23)16-11-12-20(29-7-2)18(14-16)24(3,4)5;1-7-14(5,8-2)12(16)11-13(17)15(6,9-3)10-4;/h6-10,12-15,28H,1-2H2,3-5H3;11,16H,7-10H2,1-6H3;/q-1;;/b10-8+,13-9-;12-11-;. The molecule has 0 bridgehead atoms. The zero-order chi connectivity index (χ0) is 34.7. The molecule has 0 unspecified atom stereocenters. The van der Waals surface area contributed by atoms with E-state index in [1.54, 1.807) is 23.2 Å². The molecular formula is C39H51IrN2O3S2-. The Balaban J connectivity index is 0.000000530. The van der Waals surface area contributed by atoms with E-state index in [9.17, 15) is 9.90 Å². The number of thioether (sulfide) groups is 1. The Morgan fingerprint density at radius 3 is 2.15 bits per heavy atom. The number of aromatic nitrogens is 2. The van der Waals surface area contributed by atoms with E-state index in [0.717, 1.165) is 52.8 Å². The molecule has 257 valence electrons. The van der Waals surface area contributed by atoms with Gasteiger partial charge >= 0.3 is 0 Å². The Labute approximate surface area is 306 Å². The van der Waals surface area contributed by atoms with E-state index >= 15 is 0 Å². The quantitative estimate of drug-likeness (QED) is 0.0445. The van der Waals surface area contributed by atoms with Crippen LogP contribution >= 0.6 is 24.4 Å². The maximum Gasteiger partial charge on any atom is 0.221 e. The Hall–Kier alpha value is -2.64. The molecule has 0 saturated heterocycles. The van der Waals surface area contributed by atoms with Gasteiger partial charge in [-0.25, -0.2) is 4.98 Å². The molecule has 0 spiro atoms. The van der Waals surface area contributed by atoms with E-state index in [0.29, 0.717) is 11.5 Å². The molecule has 1 N–H and O–H groups in total. The molecule has 0 amide bonds. The van der Waals surface area contributed by atoms with Crippen LogP contribution in [0.4, 0.5) is 0 Å². The first kappa shape index (κ1) is 42.4. The minimum atomic E-state index is -0.337. The first-order valence-corrected chi connectivity index (χ1v) is 17.3. The molecule has 3 aromatic rings. The van der Waals surface area contributed by atoms with Crippen molar-refractivity contribution in [2.24, 2.45) is 10.8 Å². The summed E-state index contributed by atoms with van der Waals surface area (Å²) in [6.07, 6.45) is 13.6. The molecule has 0 aliphatic carbocycles. The first-order chi connectivity index (χ1) is 21.7. The third kappa shape index (κ3) is 10.4. The SMILES string of the molecule is C=CSc1c[c-]c(-c2ncnc3oc(/C=C/C=C\S)c(C=C)c23)cc1C(C)(C)C.CCC(C)(CC)C(=O)/C=C(\O)C(C)(CC)CC.[Ir]. The van der Waals surface area contributed by atoms with Crippen LogP contribution in [0.5, 0.6) is 0 Å². The Morgan fingerprint density at radius 1 is 1.02 bits per heavy atom. The zero-order valence-electron chi connectivity index (χ0n) is 29.4. The number of carbonyl (C=O) groups excluding carboxylic acids is 1. The van der Waals surface area contributed by atoms with Gasteiger partial charge in [0, 0.05) is 53.7 Å². The maximum absolute atomic E-state index is 12.2. The van der Waals surface area contributed by atoms with Gasteiger partial charge in [-0.3, -0.25) is 9.78 Å². The van der Waals surface area contributed by atoms with Gasteiger partial charge in [0.25, 0.3) is 0 Å². The number of ketones is 1. The van der Waals surface area contributed by atoms with E-state index in [-0.39, 0.29) is 47.9 Å². The molecule has 1 radical (unpaired) electrons. The van der Waals surface area contributed by atoms with Crippen molar-refractivity contribution < 1.29 is 34.4 Å². The number of carbonyl (C=O) groups is 1. The van der Waals surface area contributed by atoms with Crippen LogP contribution in [0.1, 0.15) is 105 Å². The van der Waals surface area contributed by atoms with Gasteiger partial charge in [-0.05, 0) is 48.0 Å². The molecule has 0 aliphatic rings. The van der Waals surface area contributed by atoms with Crippen molar-refractivity contribution in [2.45, 2.75) is 98.3 Å². The smallest absolute Gasteiger partial charge is 0.221 e. The number of hydrogen-bond acceptors (Lipinski definition) is 7. The van der Waals surface area contributed by atoms with Crippen molar-refractivity contribution in [3.05, 3.63) is 89.4 Å². The molecule has 3 rings (SSSR count). The molecule has 0 aliphatic heterocycles. The van der Waals surface area contributed by atoms with Crippen LogP contribution < -0.4 is 0 Å². The van der Waals surface area contributed by atoms with E-state index in [1.807, 2.05) is 71.2 Å². The number of fused-ring (bicyclic) bond motifs is 1. The number of benzene rings is 1. The molecule has 47 heavy (non-hydrogen) atoms. The van der Waals surface area contributed by atoms with Gasteiger partial charge < -0.3 is 9.52 Å². The van der Waals surface area contributed by atoms with Gasteiger partial charge in [0.15, 0.2) is 5.78 Å². The molecule has 0 saturated carbocycles. The number of aliphatic hydroxyl groups is 1. The van der Waals surface area contributed by atoms with Gasteiger partial charge in [-0.15, -0.1) is 29.3 Å². The summed E-state index contributed by atoms with van der Waals surface area (Å²) >= 11 is 5.67. The summed E-state index contributed by atoms with van der Waals surface area (Å²) in [5, 5.41) is 14.5. The number of aliphatic hydroxyl groups excluding tert-OH is 1. The second-order valence-electron chi connectivity index (χ2n) is 12.8. The fourth-order valence-electron chi connectivity index (χ4n) is 4.77. The fraction of sp³-hybridized carbons (Fsp3) is 0.410. The molecular weight excluding hydrogens is 801 g/mol. The van der Waals surface area contributed by atoms with Gasteiger partial charge in [-0.1, -0.05) is 98.6 Å². The van der Waals surface area contributed by atoms with Gasteiger partial charge in [0.1, 0.15) is 17.8 Å². The van der Waals surface area contributed by atoms with Crippen LogP contribution in [-0.4, -0.2) is 20.9 Å². The molecule has 0 atom stereocenters. The Morgan fingerprint density at radius 2 is 1.64 bits per heavy atom. The average Bonchev–Trinajstić information content (AvgIpc) is 3.41. The van der Waals surface area contributed by atoms with Gasteiger partial charge in [0.2, 0.25) is 5.71 Å². The van der Waals surface area contributed by atoms with Crippen LogP contribution in [0.3, 0.4) is 0 Å². The van der Waals surface area contributed by atoms with Crippen LogP contribution in [0.15, 0.2) is 75.7 Å². The summed E-state index contributed by atoms with van der Waals surface area (Å²) in [7, 11) is 0. The second-order valence-corrected chi connectivity index (χ2v) is 14.1.